The van der Waals surface area contributed by atoms with Crippen LogP contribution in [-0.2, 0) is 4.74 Å². The largest absolute Gasteiger partial charge is 0.462 e. The third-order valence-electron chi connectivity index (χ3n) is 4.22. The van der Waals surface area contributed by atoms with Crippen molar-refractivity contribution in [1.29, 1.82) is 0 Å². The van der Waals surface area contributed by atoms with E-state index in [1.807, 2.05) is 12.1 Å². The number of nitrogens with one attached hydrogen (secondary N) is 2. The van der Waals surface area contributed by atoms with Crippen LogP contribution in [0.5, 0.6) is 11.5 Å². The van der Waals surface area contributed by atoms with Gasteiger partial charge in [0.15, 0.2) is 11.5 Å². The molecule has 136 valence electrons. The normalized spacial score (nSPS) is 12.6. The number of anilines is 2. The van der Waals surface area contributed by atoms with E-state index in [4.69, 9.17) is 14.2 Å². The maximum absolute atomic E-state index is 11.7. The molecule has 0 fully saturated rings. The number of hydrogen-bond acceptors (Lipinski definition) is 7. The van der Waals surface area contributed by atoms with Crippen LogP contribution in [0.4, 0.5) is 11.6 Å². The maximum atomic E-state index is 11.7. The highest BCUT2D eigenvalue weighted by Gasteiger charge is 2.18. The van der Waals surface area contributed by atoms with Crippen molar-refractivity contribution < 1.29 is 19.0 Å². The first-order valence-corrected chi connectivity index (χ1v) is 8.43. The predicted octanol–water partition coefficient (Wildman–Crippen LogP) is 2.86. The third-order valence-corrected chi connectivity index (χ3v) is 4.22. The summed E-state index contributed by atoms with van der Waals surface area (Å²) in [7, 11) is 0. The zero-order chi connectivity index (χ0) is 18.4. The Morgan fingerprint density at radius 3 is 2.78 bits per heavy atom. The second-order valence-corrected chi connectivity index (χ2v) is 5.94. The van der Waals surface area contributed by atoms with E-state index in [0.29, 0.717) is 35.4 Å². The quantitative estimate of drug-likeness (QED) is 0.536. The van der Waals surface area contributed by atoms with E-state index in [9.17, 15) is 4.79 Å². The van der Waals surface area contributed by atoms with Gasteiger partial charge in [-0.15, -0.1) is 0 Å². The molecule has 2 aromatic heterocycles. The summed E-state index contributed by atoms with van der Waals surface area (Å²) in [5.74, 6) is 2.08. The van der Waals surface area contributed by atoms with Crippen molar-refractivity contribution in [1.82, 2.24) is 19.6 Å². The van der Waals surface area contributed by atoms with Gasteiger partial charge in [-0.05, 0) is 31.2 Å². The molecule has 0 aliphatic carbocycles. The molecule has 1 aliphatic rings. The minimum absolute atomic E-state index is 0.216. The van der Waals surface area contributed by atoms with Gasteiger partial charge < -0.3 is 19.5 Å². The summed E-state index contributed by atoms with van der Waals surface area (Å²) in [6.45, 7) is 2.34. The Morgan fingerprint density at radius 1 is 1.22 bits per heavy atom. The van der Waals surface area contributed by atoms with Gasteiger partial charge in [-0.1, -0.05) is 0 Å². The molecule has 1 aliphatic heterocycles. The third kappa shape index (κ3) is 2.60. The van der Waals surface area contributed by atoms with Crippen LogP contribution < -0.4 is 14.8 Å². The van der Waals surface area contributed by atoms with Gasteiger partial charge in [0.2, 0.25) is 12.7 Å². The number of hydrogen-bond donors (Lipinski definition) is 2. The number of H-pyrrole nitrogens is 1. The first-order chi connectivity index (χ1) is 13.2. The molecule has 2 N–H and O–H groups in total. The number of rotatable bonds is 4. The molecule has 0 amide bonds. The van der Waals surface area contributed by atoms with Gasteiger partial charge in [0.25, 0.3) is 5.78 Å². The van der Waals surface area contributed by atoms with Crippen molar-refractivity contribution in [2.24, 2.45) is 0 Å². The van der Waals surface area contributed by atoms with Crippen molar-refractivity contribution in [3.8, 4) is 11.5 Å². The fraction of sp³-hybridized carbons (Fsp3) is 0.167. The zero-order valence-electron chi connectivity index (χ0n) is 14.4. The van der Waals surface area contributed by atoms with E-state index in [0.717, 1.165) is 16.7 Å². The summed E-state index contributed by atoms with van der Waals surface area (Å²) in [5.41, 5.74) is 2.89. The summed E-state index contributed by atoms with van der Waals surface area (Å²) >= 11 is 0. The Morgan fingerprint density at radius 2 is 2.00 bits per heavy atom. The number of aromatic amines is 1. The minimum Gasteiger partial charge on any atom is -0.462 e. The maximum Gasteiger partial charge on any atom is 0.338 e. The number of nitrogens with zero attached hydrogens (tertiary/aromatic N) is 3. The average Bonchev–Trinajstić information content (AvgIpc) is 3.35. The van der Waals surface area contributed by atoms with Crippen molar-refractivity contribution in [2.75, 3.05) is 18.7 Å². The topological polar surface area (TPSA) is 103 Å². The van der Waals surface area contributed by atoms with Crippen LogP contribution in [0.2, 0.25) is 0 Å². The van der Waals surface area contributed by atoms with Crippen molar-refractivity contribution >= 4 is 34.4 Å². The molecule has 0 spiro atoms. The molecular weight excluding hydrogens is 350 g/mol. The van der Waals surface area contributed by atoms with E-state index in [1.165, 1.54) is 0 Å². The number of carbonyl (C=O) groups is 1. The molecule has 5 rings (SSSR count). The number of imidazole rings is 1. The van der Waals surface area contributed by atoms with Crippen molar-refractivity contribution in [2.45, 2.75) is 6.92 Å². The van der Waals surface area contributed by atoms with Crippen LogP contribution in [0.1, 0.15) is 17.3 Å². The average molecular weight is 365 g/mol. The van der Waals surface area contributed by atoms with Crippen LogP contribution in [0.3, 0.4) is 0 Å². The van der Waals surface area contributed by atoms with Gasteiger partial charge >= 0.3 is 5.97 Å². The lowest BCUT2D eigenvalue weighted by Crippen LogP contribution is -2.04. The molecule has 0 saturated carbocycles. The Bertz CT molecular complexity index is 1160. The number of esters is 1. The molecule has 0 unspecified atom stereocenters. The Kier molecular flexibility index (Phi) is 3.39. The second-order valence-electron chi connectivity index (χ2n) is 5.94. The monoisotopic (exact) mass is 365 g/mol. The highest BCUT2D eigenvalue weighted by Crippen LogP contribution is 2.36. The van der Waals surface area contributed by atoms with E-state index in [1.54, 1.807) is 35.7 Å². The van der Waals surface area contributed by atoms with Gasteiger partial charge in [-0.25, -0.2) is 14.3 Å². The molecule has 0 saturated heterocycles. The van der Waals surface area contributed by atoms with Crippen LogP contribution in [0, 0.1) is 0 Å². The molecule has 27 heavy (non-hydrogen) atoms. The van der Waals surface area contributed by atoms with Crippen molar-refractivity contribution in [3.05, 3.63) is 42.0 Å². The Balaban J connectivity index is 1.43. The smallest absolute Gasteiger partial charge is 0.338 e. The van der Waals surface area contributed by atoms with E-state index >= 15 is 0 Å². The fourth-order valence-corrected chi connectivity index (χ4v) is 2.97. The SMILES string of the molecule is CCOC(=O)c1ccc(Nc2nc3nc4cc5c(cc4n3[nH]2)OCO5)cc1. The molecule has 0 atom stereocenters. The van der Waals surface area contributed by atoms with Gasteiger partial charge in [-0.3, -0.25) is 5.10 Å². The Labute approximate surface area is 152 Å². The van der Waals surface area contributed by atoms with Crippen LogP contribution in [0.25, 0.3) is 16.8 Å². The minimum atomic E-state index is -0.342. The summed E-state index contributed by atoms with van der Waals surface area (Å²) in [4.78, 5) is 20.7. The highest BCUT2D eigenvalue weighted by atomic mass is 16.7. The molecule has 0 bridgehead atoms. The van der Waals surface area contributed by atoms with Crippen LogP contribution >= 0.6 is 0 Å². The molecule has 3 heterocycles. The first kappa shape index (κ1) is 15.5. The summed E-state index contributed by atoms with van der Waals surface area (Å²) in [5, 5.41) is 6.32. The van der Waals surface area contributed by atoms with E-state index in [2.05, 4.69) is 20.4 Å². The van der Waals surface area contributed by atoms with Gasteiger partial charge in [-0.2, -0.15) is 4.98 Å². The lowest BCUT2D eigenvalue weighted by molar-refractivity contribution is 0.0526. The van der Waals surface area contributed by atoms with E-state index in [-0.39, 0.29) is 12.8 Å². The summed E-state index contributed by atoms with van der Waals surface area (Å²) < 4.78 is 17.6. The molecule has 9 nitrogen and oxygen atoms in total. The predicted molar refractivity (Wildman–Crippen MR) is 96.6 cm³/mol. The van der Waals surface area contributed by atoms with Gasteiger partial charge in [0.05, 0.1) is 23.2 Å². The van der Waals surface area contributed by atoms with Gasteiger partial charge in [0, 0.05) is 17.8 Å². The fourth-order valence-electron chi connectivity index (χ4n) is 2.97. The standard InChI is InChI=1S/C18H15N5O4/c1-2-25-16(24)10-3-5-11(6-4-10)19-17-21-18-20-12-7-14-15(27-9-26-14)8-13(12)23(18)22-17/h3-8H,2,9H2,1H3,(H2,19,20,21,22). The summed E-state index contributed by atoms with van der Waals surface area (Å²) in [6, 6.07) is 10.7. The Hall–Kier alpha value is -3.75. The second kappa shape index (κ2) is 5.90. The molecule has 2 aromatic carbocycles. The number of benzene rings is 2. The summed E-state index contributed by atoms with van der Waals surface area (Å²) in [6.07, 6.45) is 0. The lowest BCUT2D eigenvalue weighted by Gasteiger charge is -2.04. The van der Waals surface area contributed by atoms with Crippen LogP contribution in [0.15, 0.2) is 36.4 Å². The molecule has 0 radical (unpaired) electrons. The number of carbonyl (C=O) groups excluding carboxylic acids is 1. The number of fused-ring (bicyclic) bond motifs is 4. The first-order valence-electron chi connectivity index (χ1n) is 8.43. The number of ether oxygens (including phenoxy) is 3. The highest BCUT2D eigenvalue weighted by molar-refractivity contribution is 5.90. The molecule has 4 aromatic rings. The zero-order valence-corrected chi connectivity index (χ0v) is 14.4. The molecule has 9 heteroatoms. The van der Waals surface area contributed by atoms with Gasteiger partial charge in [0.1, 0.15) is 0 Å². The molecular formula is C18H15N5O4. The van der Waals surface area contributed by atoms with E-state index < -0.39 is 0 Å². The van der Waals surface area contributed by atoms with Crippen molar-refractivity contribution in [3.63, 3.8) is 0 Å². The van der Waals surface area contributed by atoms with Crippen LogP contribution in [-0.4, -0.2) is 39.0 Å². The lowest BCUT2D eigenvalue weighted by atomic mass is 10.2. The number of aromatic nitrogens is 4.